The third-order valence-corrected chi connectivity index (χ3v) is 3.39. The maximum atomic E-state index is 6.02. The summed E-state index contributed by atoms with van der Waals surface area (Å²) in [6.07, 6.45) is 5.63. The van der Waals surface area contributed by atoms with E-state index >= 15 is 0 Å². The Hall–Kier alpha value is -1.48. The molecule has 0 bridgehead atoms. The van der Waals surface area contributed by atoms with Crippen molar-refractivity contribution in [3.05, 3.63) is 35.0 Å². The normalized spacial score (nSPS) is 10.8. The second-order valence-corrected chi connectivity index (χ2v) is 5.12. The fraction of sp³-hybridized carbons (Fsp3) is 0.400. The summed E-state index contributed by atoms with van der Waals surface area (Å²) < 4.78 is 5.35. The lowest BCUT2D eigenvalue weighted by Gasteiger charge is -2.03. The van der Waals surface area contributed by atoms with Crippen LogP contribution in [0.5, 0.6) is 0 Å². The van der Waals surface area contributed by atoms with E-state index in [0.29, 0.717) is 10.8 Å². The minimum atomic E-state index is 0.438. The molecule has 0 aliphatic carbocycles. The summed E-state index contributed by atoms with van der Waals surface area (Å²) in [5.41, 5.74) is 7.76. The third-order valence-electron chi connectivity index (χ3n) is 3.16. The average molecular weight is 279 g/mol. The number of aryl methyl sites for hydroxylation is 1. The number of nitrogen functional groups attached to an aromatic ring is 1. The molecular weight excluding hydrogens is 260 g/mol. The van der Waals surface area contributed by atoms with Gasteiger partial charge in [0.2, 0.25) is 0 Å². The average Bonchev–Trinajstić information content (AvgIpc) is 2.76. The zero-order valence-corrected chi connectivity index (χ0v) is 11.9. The first kappa shape index (κ1) is 13.9. The van der Waals surface area contributed by atoms with Crippen molar-refractivity contribution >= 4 is 17.4 Å². The van der Waals surface area contributed by atoms with Crippen LogP contribution in [0.3, 0.4) is 0 Å². The molecular formula is C15H19ClN2O. The molecule has 0 fully saturated rings. The molecule has 2 aromatic rings. The van der Waals surface area contributed by atoms with E-state index in [4.69, 9.17) is 21.9 Å². The number of nitrogens with two attached hydrogens (primary N) is 1. The second-order valence-electron chi connectivity index (χ2n) is 4.69. The Kier molecular flexibility index (Phi) is 4.86. The standard InChI is InChI=1S/C15H19ClN2O/c1-2-3-4-5-9-13-14(15(17)18-19-13)11-7-6-8-12(16)10-11/h6-8,10H,2-5,9H2,1H3,(H2,17,18). The molecule has 2 rings (SSSR count). The maximum Gasteiger partial charge on any atom is 0.175 e. The van der Waals surface area contributed by atoms with Crippen LogP contribution in [0.4, 0.5) is 5.82 Å². The summed E-state index contributed by atoms with van der Waals surface area (Å²) in [6, 6.07) is 7.62. The predicted octanol–water partition coefficient (Wildman–Crippen LogP) is 4.70. The van der Waals surface area contributed by atoms with Gasteiger partial charge in [-0.25, -0.2) is 0 Å². The number of nitrogens with zero attached hydrogens (tertiary/aromatic N) is 1. The molecule has 0 saturated carbocycles. The Morgan fingerprint density at radius 1 is 1.26 bits per heavy atom. The Labute approximate surface area is 118 Å². The van der Waals surface area contributed by atoms with E-state index in [1.807, 2.05) is 24.3 Å². The summed E-state index contributed by atoms with van der Waals surface area (Å²) in [6.45, 7) is 2.20. The van der Waals surface area contributed by atoms with E-state index in [-0.39, 0.29) is 0 Å². The first-order valence-electron chi connectivity index (χ1n) is 6.72. The molecule has 0 unspecified atom stereocenters. The number of halogens is 1. The second kappa shape index (κ2) is 6.62. The molecule has 1 aromatic heterocycles. The quantitative estimate of drug-likeness (QED) is 0.779. The number of hydrogen-bond acceptors (Lipinski definition) is 3. The van der Waals surface area contributed by atoms with E-state index in [1.165, 1.54) is 19.3 Å². The van der Waals surface area contributed by atoms with Gasteiger partial charge in [-0.3, -0.25) is 0 Å². The molecule has 1 aromatic carbocycles. The van der Waals surface area contributed by atoms with Gasteiger partial charge in [0.25, 0.3) is 0 Å². The van der Waals surface area contributed by atoms with Gasteiger partial charge in [-0.1, -0.05) is 55.1 Å². The SMILES string of the molecule is CCCCCCc1onc(N)c1-c1cccc(Cl)c1. The number of rotatable bonds is 6. The fourth-order valence-corrected chi connectivity index (χ4v) is 2.36. The Balaban J connectivity index is 2.18. The van der Waals surface area contributed by atoms with Crippen molar-refractivity contribution in [2.24, 2.45) is 0 Å². The topological polar surface area (TPSA) is 52.0 Å². The van der Waals surface area contributed by atoms with Crippen LogP contribution in [-0.4, -0.2) is 5.16 Å². The molecule has 0 spiro atoms. The molecule has 0 radical (unpaired) electrons. The van der Waals surface area contributed by atoms with Crippen LogP contribution in [0, 0.1) is 0 Å². The van der Waals surface area contributed by atoms with Gasteiger partial charge in [-0.05, 0) is 24.1 Å². The van der Waals surface area contributed by atoms with E-state index in [2.05, 4.69) is 12.1 Å². The number of unbranched alkanes of at least 4 members (excludes halogenated alkanes) is 3. The van der Waals surface area contributed by atoms with Gasteiger partial charge in [-0.2, -0.15) is 0 Å². The van der Waals surface area contributed by atoms with Crippen LogP contribution < -0.4 is 5.73 Å². The first-order chi connectivity index (χ1) is 9.22. The van der Waals surface area contributed by atoms with Crippen molar-refractivity contribution in [2.75, 3.05) is 5.73 Å². The van der Waals surface area contributed by atoms with Gasteiger partial charge in [0.15, 0.2) is 5.82 Å². The van der Waals surface area contributed by atoms with Crippen molar-refractivity contribution in [3.63, 3.8) is 0 Å². The lowest BCUT2D eigenvalue weighted by Crippen LogP contribution is -1.91. The van der Waals surface area contributed by atoms with Crippen LogP contribution in [0.1, 0.15) is 38.4 Å². The lowest BCUT2D eigenvalue weighted by molar-refractivity contribution is 0.382. The zero-order valence-electron chi connectivity index (χ0n) is 11.2. The van der Waals surface area contributed by atoms with Crippen LogP contribution >= 0.6 is 11.6 Å². The number of hydrogen-bond donors (Lipinski definition) is 1. The molecule has 3 nitrogen and oxygen atoms in total. The highest BCUT2D eigenvalue weighted by atomic mass is 35.5. The highest BCUT2D eigenvalue weighted by molar-refractivity contribution is 6.30. The molecule has 0 aliphatic rings. The minimum absolute atomic E-state index is 0.438. The van der Waals surface area contributed by atoms with Gasteiger partial charge >= 0.3 is 0 Å². The monoisotopic (exact) mass is 278 g/mol. The molecule has 0 saturated heterocycles. The summed E-state index contributed by atoms with van der Waals surface area (Å²) in [5.74, 6) is 1.30. The largest absolute Gasteiger partial charge is 0.380 e. The van der Waals surface area contributed by atoms with Crippen molar-refractivity contribution < 1.29 is 4.52 Å². The van der Waals surface area contributed by atoms with Gasteiger partial charge in [0.05, 0.1) is 5.56 Å². The Morgan fingerprint density at radius 3 is 2.84 bits per heavy atom. The van der Waals surface area contributed by atoms with E-state index in [1.54, 1.807) is 0 Å². The summed E-state index contributed by atoms with van der Waals surface area (Å²) >= 11 is 6.02. The predicted molar refractivity (Wildman–Crippen MR) is 79.2 cm³/mol. The number of anilines is 1. The molecule has 0 aliphatic heterocycles. The van der Waals surface area contributed by atoms with E-state index in [0.717, 1.165) is 29.7 Å². The molecule has 102 valence electrons. The summed E-state index contributed by atoms with van der Waals surface area (Å²) in [7, 11) is 0. The van der Waals surface area contributed by atoms with Crippen molar-refractivity contribution in [3.8, 4) is 11.1 Å². The highest BCUT2D eigenvalue weighted by Gasteiger charge is 2.15. The molecule has 0 atom stereocenters. The van der Waals surface area contributed by atoms with Gasteiger partial charge in [-0.15, -0.1) is 0 Å². The lowest BCUT2D eigenvalue weighted by atomic mass is 10.0. The minimum Gasteiger partial charge on any atom is -0.380 e. The van der Waals surface area contributed by atoms with Gasteiger partial charge in [0, 0.05) is 11.4 Å². The van der Waals surface area contributed by atoms with Crippen molar-refractivity contribution in [1.29, 1.82) is 0 Å². The molecule has 1 heterocycles. The van der Waals surface area contributed by atoms with Crippen LogP contribution in [0.2, 0.25) is 5.02 Å². The molecule has 4 heteroatoms. The first-order valence-corrected chi connectivity index (χ1v) is 7.10. The Morgan fingerprint density at radius 2 is 2.11 bits per heavy atom. The maximum absolute atomic E-state index is 6.02. The van der Waals surface area contributed by atoms with Crippen molar-refractivity contribution in [1.82, 2.24) is 5.16 Å². The summed E-state index contributed by atoms with van der Waals surface area (Å²) in [4.78, 5) is 0. The van der Waals surface area contributed by atoms with E-state index < -0.39 is 0 Å². The Bertz CT molecular complexity index is 537. The molecule has 2 N–H and O–H groups in total. The van der Waals surface area contributed by atoms with Crippen molar-refractivity contribution in [2.45, 2.75) is 39.0 Å². The van der Waals surface area contributed by atoms with Gasteiger partial charge < -0.3 is 10.3 Å². The smallest absolute Gasteiger partial charge is 0.175 e. The van der Waals surface area contributed by atoms with Crippen LogP contribution in [-0.2, 0) is 6.42 Å². The fourth-order valence-electron chi connectivity index (χ4n) is 2.17. The number of benzene rings is 1. The van der Waals surface area contributed by atoms with Gasteiger partial charge in [0.1, 0.15) is 5.76 Å². The molecule has 19 heavy (non-hydrogen) atoms. The number of aromatic nitrogens is 1. The summed E-state index contributed by atoms with van der Waals surface area (Å²) in [5, 5.41) is 4.57. The van der Waals surface area contributed by atoms with Crippen LogP contribution in [0.15, 0.2) is 28.8 Å². The molecule has 0 amide bonds. The zero-order chi connectivity index (χ0) is 13.7. The van der Waals surface area contributed by atoms with Crippen LogP contribution in [0.25, 0.3) is 11.1 Å². The van der Waals surface area contributed by atoms with E-state index in [9.17, 15) is 0 Å². The third kappa shape index (κ3) is 3.51. The highest BCUT2D eigenvalue weighted by Crippen LogP contribution is 2.32.